The Labute approximate surface area is 157 Å². The van der Waals surface area contributed by atoms with Gasteiger partial charge in [0.2, 0.25) is 0 Å². The van der Waals surface area contributed by atoms with Crippen LogP contribution in [0.15, 0.2) is 48.7 Å². The number of hydrogen-bond acceptors (Lipinski definition) is 4. The molecule has 1 aliphatic heterocycles. The molecule has 2 heterocycles. The van der Waals surface area contributed by atoms with Crippen molar-refractivity contribution in [2.24, 2.45) is 0 Å². The number of carbonyl (C=O) groups is 2. The van der Waals surface area contributed by atoms with Crippen molar-refractivity contribution in [1.29, 1.82) is 0 Å². The molecule has 28 heavy (non-hydrogen) atoms. The number of benzene rings is 2. The van der Waals surface area contributed by atoms with E-state index in [1.807, 2.05) is 0 Å². The molecule has 0 radical (unpaired) electrons. The second-order valence-corrected chi connectivity index (χ2v) is 6.13. The van der Waals surface area contributed by atoms with Gasteiger partial charge in [-0.1, -0.05) is 6.07 Å². The van der Waals surface area contributed by atoms with E-state index in [1.165, 1.54) is 18.3 Å². The number of anilines is 2. The monoisotopic (exact) mass is 384 g/mol. The van der Waals surface area contributed by atoms with Gasteiger partial charge in [-0.2, -0.15) is 5.10 Å². The lowest BCUT2D eigenvalue weighted by Crippen LogP contribution is -2.34. The predicted molar refractivity (Wildman–Crippen MR) is 96.6 cm³/mol. The lowest BCUT2D eigenvalue weighted by molar-refractivity contribution is -0.122. The Morgan fingerprint density at radius 2 is 1.96 bits per heavy atom. The maximum Gasteiger partial charge on any atom is 0.276 e. The minimum atomic E-state index is -0.797. The van der Waals surface area contributed by atoms with E-state index in [4.69, 9.17) is 4.74 Å². The number of halogens is 2. The number of hydrogen-bond donors (Lipinski definition) is 2. The van der Waals surface area contributed by atoms with Crippen molar-refractivity contribution >= 4 is 23.2 Å². The predicted octanol–water partition coefficient (Wildman–Crippen LogP) is 3.12. The maximum absolute atomic E-state index is 13.9. The van der Waals surface area contributed by atoms with E-state index in [2.05, 4.69) is 15.7 Å². The van der Waals surface area contributed by atoms with E-state index >= 15 is 0 Å². The third kappa shape index (κ3) is 3.18. The summed E-state index contributed by atoms with van der Waals surface area (Å²) < 4.78 is 34.1. The van der Waals surface area contributed by atoms with Crippen molar-refractivity contribution in [2.45, 2.75) is 13.0 Å². The normalized spacial score (nSPS) is 15.4. The first kappa shape index (κ1) is 17.7. The fraction of sp³-hybridized carbons (Fsp3) is 0.105. The molecule has 2 N–H and O–H groups in total. The summed E-state index contributed by atoms with van der Waals surface area (Å²) in [5, 5.41) is 9.24. The molecule has 0 unspecified atom stereocenters. The Bertz CT molecular complexity index is 1080. The van der Waals surface area contributed by atoms with Crippen LogP contribution in [0.3, 0.4) is 0 Å². The second kappa shape index (κ2) is 6.76. The number of amides is 2. The Morgan fingerprint density at radius 1 is 1.21 bits per heavy atom. The standard InChI is InChI=1S/C19H14F2N4O3/c1-10-18(26)23-15-9-11(5-6-16(15)28-10)22-19(27)14-7-8-25(24-14)17-12(20)3-2-4-13(17)21/h2-10H,1H3,(H,22,27)(H,23,26)/t10-/m1/s1. The quantitative estimate of drug-likeness (QED) is 0.727. The Kier molecular flexibility index (Phi) is 4.26. The minimum Gasteiger partial charge on any atom is -0.479 e. The average molecular weight is 384 g/mol. The van der Waals surface area contributed by atoms with Gasteiger partial charge in [0.1, 0.15) is 11.4 Å². The number of fused-ring (bicyclic) bond motifs is 1. The zero-order valence-electron chi connectivity index (χ0n) is 14.6. The molecular formula is C19H14F2N4O3. The Hall–Kier alpha value is -3.75. The van der Waals surface area contributed by atoms with Crippen LogP contribution in [0.25, 0.3) is 5.69 Å². The number of aromatic nitrogens is 2. The van der Waals surface area contributed by atoms with Crippen LogP contribution < -0.4 is 15.4 Å². The molecule has 1 aliphatic rings. The number of nitrogens with zero attached hydrogens (tertiary/aromatic N) is 2. The minimum absolute atomic E-state index is 0.0331. The van der Waals surface area contributed by atoms with Crippen LogP contribution in [0.2, 0.25) is 0 Å². The number of ether oxygens (including phenoxy) is 1. The van der Waals surface area contributed by atoms with Crippen molar-refractivity contribution in [3.05, 3.63) is 66.0 Å². The molecule has 3 aromatic rings. The molecule has 0 bridgehead atoms. The summed E-state index contributed by atoms with van der Waals surface area (Å²) in [6.07, 6.45) is 0.689. The average Bonchev–Trinajstić information content (AvgIpc) is 3.13. The molecule has 7 nitrogen and oxygen atoms in total. The van der Waals surface area contributed by atoms with Gasteiger partial charge in [-0.15, -0.1) is 0 Å². The summed E-state index contributed by atoms with van der Waals surface area (Å²) in [5.74, 6) is -1.97. The van der Waals surface area contributed by atoms with Crippen LogP contribution in [0.4, 0.5) is 20.2 Å². The molecule has 1 atom stereocenters. The molecule has 0 aliphatic carbocycles. The second-order valence-electron chi connectivity index (χ2n) is 6.13. The van der Waals surface area contributed by atoms with Crippen LogP contribution in [-0.4, -0.2) is 27.7 Å². The van der Waals surface area contributed by atoms with Crippen molar-refractivity contribution in [2.75, 3.05) is 10.6 Å². The highest BCUT2D eigenvalue weighted by Crippen LogP contribution is 2.32. The van der Waals surface area contributed by atoms with Crippen molar-refractivity contribution < 1.29 is 23.1 Å². The van der Waals surface area contributed by atoms with E-state index in [0.717, 1.165) is 16.8 Å². The topological polar surface area (TPSA) is 85.2 Å². The first-order valence-corrected chi connectivity index (χ1v) is 8.35. The lowest BCUT2D eigenvalue weighted by atomic mass is 10.2. The van der Waals surface area contributed by atoms with Gasteiger partial charge in [0, 0.05) is 11.9 Å². The summed E-state index contributed by atoms with van der Waals surface area (Å²) in [6, 6.07) is 9.55. The zero-order chi connectivity index (χ0) is 19.8. The molecule has 1 aromatic heterocycles. The zero-order valence-corrected chi connectivity index (χ0v) is 14.6. The van der Waals surface area contributed by atoms with E-state index < -0.39 is 23.6 Å². The first-order chi connectivity index (χ1) is 13.4. The van der Waals surface area contributed by atoms with Gasteiger partial charge in [-0.05, 0) is 43.3 Å². The van der Waals surface area contributed by atoms with Gasteiger partial charge in [0.15, 0.2) is 23.4 Å². The molecule has 9 heteroatoms. The molecule has 0 spiro atoms. The summed E-state index contributed by atoms with van der Waals surface area (Å²) in [7, 11) is 0. The maximum atomic E-state index is 13.9. The highest BCUT2D eigenvalue weighted by molar-refractivity contribution is 6.04. The molecule has 2 aromatic carbocycles. The fourth-order valence-corrected chi connectivity index (χ4v) is 2.76. The van der Waals surface area contributed by atoms with Crippen molar-refractivity contribution in [3.63, 3.8) is 0 Å². The van der Waals surface area contributed by atoms with Crippen LogP contribution in [0, 0.1) is 11.6 Å². The summed E-state index contributed by atoms with van der Waals surface area (Å²) >= 11 is 0. The summed E-state index contributed by atoms with van der Waals surface area (Å²) in [4.78, 5) is 24.1. The van der Waals surface area contributed by atoms with Crippen LogP contribution in [-0.2, 0) is 4.79 Å². The Balaban J connectivity index is 1.55. The van der Waals surface area contributed by atoms with E-state index in [1.54, 1.807) is 25.1 Å². The lowest BCUT2D eigenvalue weighted by Gasteiger charge is -2.23. The summed E-state index contributed by atoms with van der Waals surface area (Å²) in [5.41, 5.74) is 0.423. The smallest absolute Gasteiger partial charge is 0.276 e. The SMILES string of the molecule is C[C@H]1Oc2ccc(NC(=O)c3ccn(-c4c(F)cccc4F)n3)cc2NC1=O. The number of para-hydroxylation sites is 1. The molecule has 0 saturated heterocycles. The van der Waals surface area contributed by atoms with E-state index in [9.17, 15) is 18.4 Å². The van der Waals surface area contributed by atoms with Gasteiger partial charge < -0.3 is 15.4 Å². The van der Waals surface area contributed by atoms with E-state index in [0.29, 0.717) is 17.1 Å². The molecule has 0 fully saturated rings. The van der Waals surface area contributed by atoms with E-state index in [-0.39, 0.29) is 17.3 Å². The molecule has 142 valence electrons. The molecular weight excluding hydrogens is 370 g/mol. The highest BCUT2D eigenvalue weighted by Gasteiger charge is 2.24. The van der Waals surface area contributed by atoms with Crippen LogP contribution >= 0.6 is 0 Å². The molecule has 0 saturated carbocycles. The third-order valence-electron chi connectivity index (χ3n) is 4.16. The van der Waals surface area contributed by atoms with Crippen LogP contribution in [0.1, 0.15) is 17.4 Å². The largest absolute Gasteiger partial charge is 0.479 e. The molecule has 4 rings (SSSR count). The van der Waals surface area contributed by atoms with Gasteiger partial charge in [-0.3, -0.25) is 9.59 Å². The van der Waals surface area contributed by atoms with Crippen LogP contribution in [0.5, 0.6) is 5.75 Å². The van der Waals surface area contributed by atoms with Gasteiger partial charge in [0.25, 0.3) is 11.8 Å². The van der Waals surface area contributed by atoms with Gasteiger partial charge in [-0.25, -0.2) is 13.5 Å². The molecule has 2 amide bonds. The summed E-state index contributed by atoms with van der Waals surface area (Å²) in [6.45, 7) is 1.63. The fourth-order valence-electron chi connectivity index (χ4n) is 2.76. The highest BCUT2D eigenvalue weighted by atomic mass is 19.1. The van der Waals surface area contributed by atoms with Crippen molar-refractivity contribution in [3.8, 4) is 11.4 Å². The van der Waals surface area contributed by atoms with Crippen molar-refractivity contribution in [1.82, 2.24) is 9.78 Å². The third-order valence-corrected chi connectivity index (χ3v) is 4.16. The number of carbonyl (C=O) groups excluding carboxylic acids is 2. The number of nitrogens with one attached hydrogen (secondary N) is 2. The first-order valence-electron chi connectivity index (χ1n) is 8.35. The number of rotatable bonds is 3. The van der Waals surface area contributed by atoms with Gasteiger partial charge >= 0.3 is 0 Å². The Morgan fingerprint density at radius 3 is 2.71 bits per heavy atom. The van der Waals surface area contributed by atoms with Gasteiger partial charge in [0.05, 0.1) is 5.69 Å².